The summed E-state index contributed by atoms with van der Waals surface area (Å²) in [6.45, 7) is 4.01. The summed E-state index contributed by atoms with van der Waals surface area (Å²) in [5.74, 6) is 0.597. The van der Waals surface area contributed by atoms with Gasteiger partial charge < -0.3 is 20.4 Å². The fourth-order valence-electron chi connectivity index (χ4n) is 4.02. The Kier molecular flexibility index (Phi) is 5.01. The van der Waals surface area contributed by atoms with E-state index in [-0.39, 0.29) is 23.7 Å². The van der Waals surface area contributed by atoms with E-state index in [9.17, 15) is 9.59 Å². The highest BCUT2D eigenvalue weighted by molar-refractivity contribution is 5.99. The van der Waals surface area contributed by atoms with Crippen LogP contribution in [0.4, 0.5) is 11.4 Å². The van der Waals surface area contributed by atoms with Gasteiger partial charge >= 0.3 is 0 Å². The molecule has 3 N–H and O–H groups in total. The van der Waals surface area contributed by atoms with E-state index in [1.807, 2.05) is 44.3 Å². The summed E-state index contributed by atoms with van der Waals surface area (Å²) in [5, 5.41) is 7.02. The second-order valence-corrected chi connectivity index (χ2v) is 7.88. The van der Waals surface area contributed by atoms with Crippen molar-refractivity contribution in [1.82, 2.24) is 4.98 Å². The molecule has 4 rings (SSSR count). The monoisotopic (exact) mass is 391 g/mol. The zero-order valence-corrected chi connectivity index (χ0v) is 16.8. The average molecular weight is 391 g/mol. The highest BCUT2D eigenvalue weighted by Gasteiger charge is 2.29. The molecule has 2 amide bonds. The van der Waals surface area contributed by atoms with Crippen LogP contribution in [0.5, 0.6) is 5.75 Å². The van der Waals surface area contributed by atoms with Gasteiger partial charge in [-0.25, -0.2) is 0 Å². The first-order valence-corrected chi connectivity index (χ1v) is 9.84. The van der Waals surface area contributed by atoms with Gasteiger partial charge in [0.2, 0.25) is 11.8 Å². The van der Waals surface area contributed by atoms with Gasteiger partial charge in [-0.2, -0.15) is 0 Å². The Morgan fingerprint density at radius 3 is 2.83 bits per heavy atom. The largest absolute Gasteiger partial charge is 0.494 e. The second kappa shape index (κ2) is 7.62. The molecule has 6 nitrogen and oxygen atoms in total. The Morgan fingerprint density at radius 1 is 1.24 bits per heavy atom. The first kappa shape index (κ1) is 19.1. The number of methoxy groups -OCH3 is 1. The standard InChI is InChI=1S/C23H25N3O3/c1-13(2)9-22(27)26-20-10-17-16(11-23(28)25-19(17)12-21(20)29-3)14-5-4-6-18-15(14)7-8-24-18/h4-8,10,12-13,16,24H,9,11H2,1-3H3,(H,25,28)(H,26,27)/t16-/m0/s1. The van der Waals surface area contributed by atoms with E-state index in [1.54, 1.807) is 13.2 Å². The summed E-state index contributed by atoms with van der Waals surface area (Å²) < 4.78 is 5.48. The third kappa shape index (κ3) is 3.70. The molecular weight excluding hydrogens is 366 g/mol. The van der Waals surface area contributed by atoms with Crippen LogP contribution in [0.25, 0.3) is 10.9 Å². The van der Waals surface area contributed by atoms with E-state index in [0.29, 0.717) is 24.3 Å². The number of fused-ring (bicyclic) bond motifs is 2. The van der Waals surface area contributed by atoms with Crippen molar-refractivity contribution in [3.05, 3.63) is 53.7 Å². The lowest BCUT2D eigenvalue weighted by Gasteiger charge is -2.28. The zero-order valence-electron chi connectivity index (χ0n) is 16.8. The minimum absolute atomic E-state index is 0.0336. The Morgan fingerprint density at radius 2 is 2.07 bits per heavy atom. The van der Waals surface area contributed by atoms with Gasteiger partial charge in [-0.1, -0.05) is 26.0 Å². The number of hydrogen-bond acceptors (Lipinski definition) is 3. The maximum Gasteiger partial charge on any atom is 0.225 e. The molecule has 1 atom stereocenters. The van der Waals surface area contributed by atoms with Crippen molar-refractivity contribution in [3.63, 3.8) is 0 Å². The number of benzene rings is 2. The third-order valence-corrected chi connectivity index (χ3v) is 5.28. The molecule has 0 radical (unpaired) electrons. The molecular formula is C23H25N3O3. The molecule has 0 aliphatic carbocycles. The van der Waals surface area contributed by atoms with Gasteiger partial charge in [-0.3, -0.25) is 9.59 Å². The predicted molar refractivity (Wildman–Crippen MR) is 114 cm³/mol. The lowest BCUT2D eigenvalue weighted by atomic mass is 9.83. The Labute approximate surface area is 169 Å². The van der Waals surface area contributed by atoms with Crippen LogP contribution in [0.2, 0.25) is 0 Å². The van der Waals surface area contributed by atoms with Crippen LogP contribution < -0.4 is 15.4 Å². The van der Waals surface area contributed by atoms with E-state index in [1.165, 1.54) is 0 Å². The van der Waals surface area contributed by atoms with Crippen molar-refractivity contribution in [2.45, 2.75) is 32.6 Å². The predicted octanol–water partition coefficient (Wildman–Crippen LogP) is 4.64. The fraction of sp³-hybridized carbons (Fsp3) is 0.304. The van der Waals surface area contributed by atoms with Crippen LogP contribution in [-0.4, -0.2) is 23.9 Å². The molecule has 2 heterocycles. The minimum atomic E-state index is -0.107. The van der Waals surface area contributed by atoms with Crippen molar-refractivity contribution in [2.24, 2.45) is 5.92 Å². The zero-order chi connectivity index (χ0) is 20.5. The van der Waals surface area contributed by atoms with Crippen LogP contribution in [0.15, 0.2) is 42.6 Å². The summed E-state index contributed by atoms with van der Waals surface area (Å²) in [4.78, 5) is 28.0. The number of anilines is 2. The molecule has 1 aliphatic heterocycles. The van der Waals surface area contributed by atoms with E-state index in [0.717, 1.165) is 27.7 Å². The van der Waals surface area contributed by atoms with Crippen LogP contribution >= 0.6 is 0 Å². The van der Waals surface area contributed by atoms with Gasteiger partial charge in [0.15, 0.2) is 0 Å². The summed E-state index contributed by atoms with van der Waals surface area (Å²) in [6, 6.07) is 11.8. The Balaban J connectivity index is 1.80. The van der Waals surface area contributed by atoms with Gasteiger partial charge in [0.25, 0.3) is 0 Å². The van der Waals surface area contributed by atoms with Crippen molar-refractivity contribution in [2.75, 3.05) is 17.7 Å². The van der Waals surface area contributed by atoms with E-state index in [4.69, 9.17) is 4.74 Å². The average Bonchev–Trinajstić information content (AvgIpc) is 3.15. The number of carbonyl (C=O) groups is 2. The maximum absolute atomic E-state index is 12.4. The number of H-pyrrole nitrogens is 1. The van der Waals surface area contributed by atoms with Crippen LogP contribution in [0, 0.1) is 5.92 Å². The van der Waals surface area contributed by atoms with Crippen LogP contribution in [0.1, 0.15) is 43.7 Å². The van der Waals surface area contributed by atoms with Crippen molar-refractivity contribution < 1.29 is 14.3 Å². The molecule has 1 aliphatic rings. The molecule has 0 bridgehead atoms. The third-order valence-electron chi connectivity index (χ3n) is 5.28. The van der Waals surface area contributed by atoms with Crippen molar-refractivity contribution in [1.29, 1.82) is 0 Å². The van der Waals surface area contributed by atoms with Gasteiger partial charge in [0.1, 0.15) is 5.75 Å². The lowest BCUT2D eigenvalue weighted by molar-refractivity contribution is -0.117. The number of amides is 2. The molecule has 0 saturated heterocycles. The van der Waals surface area contributed by atoms with Crippen molar-refractivity contribution >= 4 is 34.1 Å². The van der Waals surface area contributed by atoms with Gasteiger partial charge in [0.05, 0.1) is 12.8 Å². The Bertz CT molecular complexity index is 1080. The molecule has 1 aromatic heterocycles. The number of rotatable bonds is 5. The van der Waals surface area contributed by atoms with Gasteiger partial charge in [-0.05, 0) is 35.2 Å². The van der Waals surface area contributed by atoms with Crippen LogP contribution in [-0.2, 0) is 9.59 Å². The quantitative estimate of drug-likeness (QED) is 0.593. The second-order valence-electron chi connectivity index (χ2n) is 7.88. The topological polar surface area (TPSA) is 83.2 Å². The normalized spacial score (nSPS) is 15.9. The number of aromatic amines is 1. The fourth-order valence-corrected chi connectivity index (χ4v) is 4.02. The summed E-state index contributed by atoms with van der Waals surface area (Å²) in [5.41, 5.74) is 4.44. The number of nitrogens with one attached hydrogen (secondary N) is 3. The molecule has 0 saturated carbocycles. The van der Waals surface area contributed by atoms with Gasteiger partial charge in [-0.15, -0.1) is 0 Å². The molecule has 29 heavy (non-hydrogen) atoms. The van der Waals surface area contributed by atoms with E-state index in [2.05, 4.69) is 21.7 Å². The highest BCUT2D eigenvalue weighted by atomic mass is 16.5. The maximum atomic E-state index is 12.4. The molecule has 0 unspecified atom stereocenters. The van der Waals surface area contributed by atoms with Gasteiger partial charge in [0, 0.05) is 47.6 Å². The number of carbonyl (C=O) groups excluding carboxylic acids is 2. The highest BCUT2D eigenvalue weighted by Crippen LogP contribution is 2.43. The number of ether oxygens (including phenoxy) is 1. The minimum Gasteiger partial charge on any atom is -0.494 e. The van der Waals surface area contributed by atoms with E-state index >= 15 is 0 Å². The van der Waals surface area contributed by atoms with Crippen LogP contribution in [0.3, 0.4) is 0 Å². The smallest absolute Gasteiger partial charge is 0.225 e. The van der Waals surface area contributed by atoms with E-state index < -0.39 is 0 Å². The first-order chi connectivity index (χ1) is 14.0. The summed E-state index contributed by atoms with van der Waals surface area (Å²) in [6.07, 6.45) is 2.69. The molecule has 3 aromatic rings. The first-order valence-electron chi connectivity index (χ1n) is 9.84. The lowest BCUT2D eigenvalue weighted by Crippen LogP contribution is -2.24. The molecule has 0 fully saturated rings. The summed E-state index contributed by atoms with van der Waals surface area (Å²) >= 11 is 0. The molecule has 2 aromatic carbocycles. The Hall–Kier alpha value is -3.28. The SMILES string of the molecule is COc1cc2c(cc1NC(=O)CC(C)C)[C@H](c1cccc3[nH]ccc13)CC(=O)N2. The summed E-state index contributed by atoms with van der Waals surface area (Å²) in [7, 11) is 1.56. The molecule has 6 heteroatoms. The number of aromatic nitrogens is 1. The number of hydrogen-bond donors (Lipinski definition) is 3. The van der Waals surface area contributed by atoms with Crippen molar-refractivity contribution in [3.8, 4) is 5.75 Å². The molecule has 150 valence electrons. The molecule has 0 spiro atoms.